The molecule has 0 aliphatic rings. The molecule has 0 saturated heterocycles. The van der Waals surface area contributed by atoms with Crippen LogP contribution >= 0.6 is 15.9 Å². The Kier molecular flexibility index (Phi) is 6.62. The molecule has 1 rings (SSSR count). The number of hydrogen-bond donors (Lipinski definition) is 1. The van der Waals surface area contributed by atoms with Crippen molar-refractivity contribution in [3.63, 3.8) is 0 Å². The fraction of sp³-hybridized carbons (Fsp3) is 0.625. The number of nitrogens with zero attached hydrogens (tertiary/aromatic N) is 1. The maximum absolute atomic E-state index is 13.2. The number of rotatable bonds is 7. The third-order valence-corrected chi connectivity index (χ3v) is 4.82. The van der Waals surface area contributed by atoms with Gasteiger partial charge < -0.3 is 10.2 Å². The highest BCUT2D eigenvalue weighted by atomic mass is 79.9. The number of nitrogens with one attached hydrogen (secondary N) is 1. The van der Waals surface area contributed by atoms with Gasteiger partial charge in [-0.05, 0) is 65.0 Å². The van der Waals surface area contributed by atoms with Crippen LogP contribution in [0.25, 0.3) is 0 Å². The summed E-state index contributed by atoms with van der Waals surface area (Å²) in [7, 11) is 4.20. The Morgan fingerprint density at radius 2 is 2.00 bits per heavy atom. The quantitative estimate of drug-likeness (QED) is 0.808. The van der Waals surface area contributed by atoms with Crippen molar-refractivity contribution >= 4 is 15.9 Å². The van der Waals surface area contributed by atoms with Crippen LogP contribution in [-0.4, -0.2) is 37.1 Å². The van der Waals surface area contributed by atoms with Crippen molar-refractivity contribution in [3.8, 4) is 0 Å². The largest absolute Gasteiger partial charge is 0.312 e. The lowest BCUT2D eigenvalue weighted by molar-refractivity contribution is 0.137. The summed E-state index contributed by atoms with van der Waals surface area (Å²) in [5, 5.41) is 3.63. The van der Waals surface area contributed by atoms with E-state index in [4.69, 9.17) is 0 Å². The van der Waals surface area contributed by atoms with Crippen LogP contribution in [0.15, 0.2) is 22.7 Å². The Hall–Kier alpha value is -0.450. The van der Waals surface area contributed by atoms with Crippen LogP contribution in [0.1, 0.15) is 32.8 Å². The monoisotopic (exact) mass is 344 g/mol. The summed E-state index contributed by atoms with van der Waals surface area (Å²) in [6, 6.07) is 5.24. The molecule has 1 N–H and O–H groups in total. The highest BCUT2D eigenvalue weighted by molar-refractivity contribution is 9.10. The molecule has 0 aromatic heterocycles. The van der Waals surface area contributed by atoms with Gasteiger partial charge in [-0.15, -0.1) is 0 Å². The van der Waals surface area contributed by atoms with E-state index in [9.17, 15) is 4.39 Å². The van der Waals surface area contributed by atoms with E-state index in [-0.39, 0.29) is 11.4 Å². The predicted octanol–water partition coefficient (Wildman–Crippen LogP) is 3.84. The van der Waals surface area contributed by atoms with Gasteiger partial charge in [-0.2, -0.15) is 0 Å². The highest BCUT2D eigenvalue weighted by Crippen LogP contribution is 2.24. The first-order valence-electron chi connectivity index (χ1n) is 7.13. The Labute approximate surface area is 130 Å². The van der Waals surface area contributed by atoms with Gasteiger partial charge in [-0.3, -0.25) is 0 Å². The maximum atomic E-state index is 13.2. The van der Waals surface area contributed by atoms with Gasteiger partial charge in [0.25, 0.3) is 0 Å². The average Bonchev–Trinajstić information content (AvgIpc) is 2.36. The zero-order chi connectivity index (χ0) is 15.3. The fourth-order valence-corrected chi connectivity index (χ4v) is 2.62. The molecule has 0 spiro atoms. The summed E-state index contributed by atoms with van der Waals surface area (Å²) in [5.41, 5.74) is 1.15. The Morgan fingerprint density at radius 3 is 2.50 bits per heavy atom. The van der Waals surface area contributed by atoms with E-state index in [0.29, 0.717) is 6.04 Å². The maximum Gasteiger partial charge on any atom is 0.124 e. The lowest BCUT2D eigenvalue weighted by Gasteiger charge is -2.41. The van der Waals surface area contributed by atoms with E-state index in [1.54, 1.807) is 0 Å². The molecule has 0 aliphatic heterocycles. The van der Waals surface area contributed by atoms with E-state index < -0.39 is 0 Å². The third-order valence-electron chi connectivity index (χ3n) is 4.09. The average molecular weight is 345 g/mol. The van der Waals surface area contributed by atoms with Crippen LogP contribution in [0.5, 0.6) is 0 Å². The molecule has 0 aliphatic carbocycles. The molecule has 0 fully saturated rings. The zero-order valence-electron chi connectivity index (χ0n) is 13.1. The molecule has 0 heterocycles. The number of likely N-dealkylation sites (N-methyl/N-ethyl adjacent to an activating group) is 1. The first-order chi connectivity index (χ1) is 9.28. The van der Waals surface area contributed by atoms with Gasteiger partial charge in [0.2, 0.25) is 0 Å². The zero-order valence-corrected chi connectivity index (χ0v) is 14.7. The second kappa shape index (κ2) is 7.53. The second-order valence-corrected chi connectivity index (χ2v) is 6.85. The van der Waals surface area contributed by atoms with Crippen LogP contribution < -0.4 is 5.32 Å². The SMILES string of the molecule is CCCNC(Cc1ccc(F)cc1Br)C(C)(C)N(C)C. The fourth-order valence-electron chi connectivity index (χ4n) is 2.11. The molecule has 4 heteroatoms. The Balaban J connectivity index is 2.94. The summed E-state index contributed by atoms with van der Waals surface area (Å²) in [5.74, 6) is -0.203. The van der Waals surface area contributed by atoms with Crippen molar-refractivity contribution in [1.82, 2.24) is 10.2 Å². The molecule has 0 bridgehead atoms. The summed E-state index contributed by atoms with van der Waals surface area (Å²) in [6.07, 6.45) is 1.97. The predicted molar refractivity (Wildman–Crippen MR) is 87.7 cm³/mol. The molecular weight excluding hydrogens is 319 g/mol. The third kappa shape index (κ3) is 4.54. The Morgan fingerprint density at radius 1 is 1.35 bits per heavy atom. The van der Waals surface area contributed by atoms with E-state index in [0.717, 1.165) is 29.4 Å². The standard InChI is InChI=1S/C16H26BrFN2/c1-6-9-19-15(16(2,3)20(4)5)10-12-7-8-13(18)11-14(12)17/h7-8,11,15,19H,6,9-10H2,1-5H3. The Bertz CT molecular complexity index is 432. The summed E-state index contributed by atoms with van der Waals surface area (Å²) in [6.45, 7) is 7.62. The van der Waals surface area contributed by atoms with Gasteiger partial charge in [0, 0.05) is 16.1 Å². The van der Waals surface area contributed by atoms with Gasteiger partial charge in [0.15, 0.2) is 0 Å². The summed E-state index contributed by atoms with van der Waals surface area (Å²) >= 11 is 3.47. The van der Waals surface area contributed by atoms with Gasteiger partial charge in [-0.25, -0.2) is 4.39 Å². The molecule has 0 saturated carbocycles. The van der Waals surface area contributed by atoms with E-state index in [2.05, 4.69) is 61.0 Å². The minimum absolute atomic E-state index is 0.0169. The minimum atomic E-state index is -0.203. The normalized spacial score (nSPS) is 13.8. The molecule has 114 valence electrons. The van der Waals surface area contributed by atoms with Crippen molar-refractivity contribution in [3.05, 3.63) is 34.1 Å². The topological polar surface area (TPSA) is 15.3 Å². The van der Waals surface area contributed by atoms with E-state index in [1.165, 1.54) is 12.1 Å². The first-order valence-corrected chi connectivity index (χ1v) is 7.93. The number of halogens is 2. The van der Waals surface area contributed by atoms with Gasteiger partial charge >= 0.3 is 0 Å². The molecule has 20 heavy (non-hydrogen) atoms. The molecule has 1 aromatic carbocycles. The second-order valence-electron chi connectivity index (χ2n) is 5.99. The number of benzene rings is 1. The molecule has 0 radical (unpaired) electrons. The van der Waals surface area contributed by atoms with Gasteiger partial charge in [-0.1, -0.05) is 28.9 Å². The lowest BCUT2D eigenvalue weighted by Crippen LogP contribution is -2.56. The van der Waals surface area contributed by atoms with Gasteiger partial charge in [0.05, 0.1) is 0 Å². The molecule has 0 amide bonds. The van der Waals surface area contributed by atoms with Crippen molar-refractivity contribution in [1.29, 1.82) is 0 Å². The van der Waals surface area contributed by atoms with Crippen LogP contribution in [-0.2, 0) is 6.42 Å². The smallest absolute Gasteiger partial charge is 0.124 e. The van der Waals surface area contributed by atoms with E-state index >= 15 is 0 Å². The first kappa shape index (κ1) is 17.6. The van der Waals surface area contributed by atoms with Crippen molar-refractivity contribution in [2.24, 2.45) is 0 Å². The molecule has 1 atom stereocenters. The summed E-state index contributed by atoms with van der Waals surface area (Å²) in [4.78, 5) is 2.23. The molecular formula is C16H26BrFN2. The summed E-state index contributed by atoms with van der Waals surface area (Å²) < 4.78 is 14.0. The van der Waals surface area contributed by atoms with Crippen molar-refractivity contribution < 1.29 is 4.39 Å². The highest BCUT2D eigenvalue weighted by Gasteiger charge is 2.31. The lowest BCUT2D eigenvalue weighted by atomic mass is 9.88. The van der Waals surface area contributed by atoms with Crippen LogP contribution in [0.2, 0.25) is 0 Å². The minimum Gasteiger partial charge on any atom is -0.312 e. The van der Waals surface area contributed by atoms with Crippen molar-refractivity contribution in [2.75, 3.05) is 20.6 Å². The van der Waals surface area contributed by atoms with Crippen LogP contribution in [0.3, 0.4) is 0 Å². The van der Waals surface area contributed by atoms with Crippen LogP contribution in [0.4, 0.5) is 4.39 Å². The van der Waals surface area contributed by atoms with E-state index in [1.807, 2.05) is 6.07 Å². The molecule has 1 unspecified atom stereocenters. The van der Waals surface area contributed by atoms with Crippen molar-refractivity contribution in [2.45, 2.75) is 45.2 Å². The number of hydrogen-bond acceptors (Lipinski definition) is 2. The van der Waals surface area contributed by atoms with Gasteiger partial charge in [0.1, 0.15) is 5.82 Å². The molecule has 2 nitrogen and oxygen atoms in total. The van der Waals surface area contributed by atoms with Crippen LogP contribution in [0, 0.1) is 5.82 Å². The molecule has 1 aromatic rings.